The Kier molecular flexibility index (Phi) is 14.6. The number of aliphatic hydroxyl groups is 1. The van der Waals surface area contributed by atoms with Gasteiger partial charge < -0.3 is 43.4 Å². The Balaban J connectivity index is 5.52. The molecule has 0 aliphatic heterocycles. The second kappa shape index (κ2) is 15.9. The first-order valence-electron chi connectivity index (χ1n) is 10.9. The molecule has 0 spiro atoms. The number of amides is 4. The molecule has 0 aliphatic carbocycles. The smallest absolute Gasteiger partial charge is 0.326 e. The van der Waals surface area contributed by atoms with Crippen LogP contribution in [0.15, 0.2) is 0 Å². The van der Waals surface area contributed by atoms with Gasteiger partial charge in [-0.2, -0.15) is 0 Å². The standard InChI is InChI=1S/C20H38N6O7/c1-11(2)9-15(20(32)33)26-19(31)14(6-7-16(23)28)25-18(30)13(5-3-4-8-21)24-17(29)12(22)10-27/h11-15,27H,3-10,21-22H2,1-2H3,(H2,23,28)(H,24,29)(H,25,30)(H,26,31)(H,32,33). The predicted molar refractivity (Wildman–Crippen MR) is 119 cm³/mol. The number of nitrogens with two attached hydrogens (primary N) is 3. The lowest BCUT2D eigenvalue weighted by molar-refractivity contribution is -0.143. The third kappa shape index (κ3) is 12.7. The molecular formula is C20H38N6O7. The molecule has 4 amide bonds. The van der Waals surface area contributed by atoms with Crippen LogP contribution in [0.5, 0.6) is 0 Å². The molecule has 0 fully saturated rings. The molecule has 0 rings (SSSR count). The average molecular weight is 475 g/mol. The number of carbonyl (C=O) groups excluding carboxylic acids is 4. The van der Waals surface area contributed by atoms with E-state index in [1.165, 1.54) is 0 Å². The summed E-state index contributed by atoms with van der Waals surface area (Å²) < 4.78 is 0. The summed E-state index contributed by atoms with van der Waals surface area (Å²) in [4.78, 5) is 60.4. The average Bonchev–Trinajstić information content (AvgIpc) is 2.73. The summed E-state index contributed by atoms with van der Waals surface area (Å²) in [5.74, 6) is -4.25. The van der Waals surface area contributed by atoms with Crippen molar-refractivity contribution in [1.82, 2.24) is 16.0 Å². The van der Waals surface area contributed by atoms with Crippen molar-refractivity contribution in [2.24, 2.45) is 23.1 Å². The van der Waals surface area contributed by atoms with E-state index in [-0.39, 0.29) is 31.6 Å². The molecule has 0 saturated carbocycles. The Hall–Kier alpha value is -2.77. The van der Waals surface area contributed by atoms with Gasteiger partial charge in [0.25, 0.3) is 0 Å². The predicted octanol–water partition coefficient (Wildman–Crippen LogP) is -2.71. The first kappa shape index (κ1) is 30.2. The van der Waals surface area contributed by atoms with Gasteiger partial charge in [0.15, 0.2) is 0 Å². The molecule has 0 radical (unpaired) electrons. The Morgan fingerprint density at radius 1 is 0.848 bits per heavy atom. The summed E-state index contributed by atoms with van der Waals surface area (Å²) in [6.07, 6.45) is 1.00. The van der Waals surface area contributed by atoms with Gasteiger partial charge in [0, 0.05) is 6.42 Å². The van der Waals surface area contributed by atoms with Crippen molar-refractivity contribution in [2.75, 3.05) is 13.2 Å². The zero-order valence-electron chi connectivity index (χ0n) is 19.2. The second-order valence-electron chi connectivity index (χ2n) is 8.23. The maximum atomic E-state index is 12.9. The van der Waals surface area contributed by atoms with Crippen LogP contribution in [0.25, 0.3) is 0 Å². The van der Waals surface area contributed by atoms with Crippen LogP contribution in [-0.2, 0) is 24.0 Å². The topological polar surface area (TPSA) is 240 Å². The maximum absolute atomic E-state index is 12.9. The van der Waals surface area contributed by atoms with Crippen LogP contribution in [0.3, 0.4) is 0 Å². The van der Waals surface area contributed by atoms with Crippen molar-refractivity contribution < 1.29 is 34.2 Å². The van der Waals surface area contributed by atoms with Gasteiger partial charge in [0.2, 0.25) is 23.6 Å². The molecule has 0 heterocycles. The minimum Gasteiger partial charge on any atom is -0.480 e. The normalized spacial score (nSPS) is 14.6. The maximum Gasteiger partial charge on any atom is 0.326 e. The van der Waals surface area contributed by atoms with Crippen LogP contribution in [0.4, 0.5) is 0 Å². The minimum atomic E-state index is -1.26. The van der Waals surface area contributed by atoms with Crippen LogP contribution >= 0.6 is 0 Å². The molecule has 0 aliphatic rings. The van der Waals surface area contributed by atoms with Gasteiger partial charge in [0.1, 0.15) is 24.2 Å². The Labute approximate surface area is 193 Å². The second-order valence-corrected chi connectivity index (χ2v) is 8.23. The van der Waals surface area contributed by atoms with Crippen molar-refractivity contribution in [3.63, 3.8) is 0 Å². The Bertz CT molecular complexity index is 673. The van der Waals surface area contributed by atoms with Crippen molar-refractivity contribution >= 4 is 29.6 Å². The van der Waals surface area contributed by atoms with Gasteiger partial charge in [-0.15, -0.1) is 0 Å². The molecule has 13 nitrogen and oxygen atoms in total. The number of carbonyl (C=O) groups is 5. The van der Waals surface area contributed by atoms with Gasteiger partial charge in [-0.3, -0.25) is 19.2 Å². The van der Waals surface area contributed by atoms with E-state index in [2.05, 4.69) is 16.0 Å². The minimum absolute atomic E-state index is 0.0251. The number of rotatable bonds is 17. The molecule has 4 unspecified atom stereocenters. The molecule has 0 aromatic heterocycles. The number of nitrogens with one attached hydrogen (secondary N) is 3. The lowest BCUT2D eigenvalue weighted by Gasteiger charge is -2.25. The van der Waals surface area contributed by atoms with E-state index in [0.717, 1.165) is 0 Å². The Morgan fingerprint density at radius 2 is 1.36 bits per heavy atom. The number of carboxylic acids is 1. The number of primary amides is 1. The first-order chi connectivity index (χ1) is 15.4. The summed E-state index contributed by atoms with van der Waals surface area (Å²) in [5, 5.41) is 25.7. The highest BCUT2D eigenvalue weighted by Crippen LogP contribution is 2.08. The number of hydrogen-bond donors (Lipinski definition) is 8. The monoisotopic (exact) mass is 474 g/mol. The van der Waals surface area contributed by atoms with E-state index in [9.17, 15) is 29.1 Å². The van der Waals surface area contributed by atoms with Crippen LogP contribution in [0.2, 0.25) is 0 Å². The van der Waals surface area contributed by atoms with E-state index in [1.807, 2.05) is 0 Å². The SMILES string of the molecule is CC(C)CC(NC(=O)C(CCC(N)=O)NC(=O)C(CCCCN)NC(=O)C(N)CO)C(=O)O. The van der Waals surface area contributed by atoms with Crippen LogP contribution in [0, 0.1) is 5.92 Å². The van der Waals surface area contributed by atoms with E-state index >= 15 is 0 Å². The van der Waals surface area contributed by atoms with Gasteiger partial charge in [-0.25, -0.2) is 4.79 Å². The third-order valence-corrected chi connectivity index (χ3v) is 4.75. The van der Waals surface area contributed by atoms with Crippen molar-refractivity contribution in [1.29, 1.82) is 0 Å². The van der Waals surface area contributed by atoms with Crippen molar-refractivity contribution in [3.05, 3.63) is 0 Å². The van der Waals surface area contributed by atoms with Gasteiger partial charge >= 0.3 is 5.97 Å². The Morgan fingerprint density at radius 3 is 1.82 bits per heavy atom. The number of unbranched alkanes of at least 4 members (excludes halogenated alkanes) is 1. The zero-order chi connectivity index (χ0) is 25.6. The van der Waals surface area contributed by atoms with Gasteiger partial charge in [-0.1, -0.05) is 13.8 Å². The van der Waals surface area contributed by atoms with Crippen molar-refractivity contribution in [2.45, 2.75) is 76.5 Å². The third-order valence-electron chi connectivity index (χ3n) is 4.75. The summed E-state index contributed by atoms with van der Waals surface area (Å²) >= 11 is 0. The molecule has 190 valence electrons. The fourth-order valence-corrected chi connectivity index (χ4v) is 2.92. The van der Waals surface area contributed by atoms with E-state index in [1.54, 1.807) is 13.8 Å². The van der Waals surface area contributed by atoms with Crippen LogP contribution in [-0.4, -0.2) is 77.1 Å². The molecule has 13 heteroatoms. The summed E-state index contributed by atoms with van der Waals surface area (Å²) in [6.45, 7) is 3.33. The molecule has 0 aromatic rings. The molecule has 4 atom stereocenters. The van der Waals surface area contributed by atoms with E-state index < -0.39 is 60.4 Å². The quantitative estimate of drug-likeness (QED) is 0.102. The van der Waals surface area contributed by atoms with Crippen LogP contribution in [0.1, 0.15) is 52.4 Å². The summed E-state index contributed by atoms with van der Waals surface area (Å²) in [6, 6.07) is -4.78. The highest BCUT2D eigenvalue weighted by molar-refractivity contribution is 5.94. The summed E-state index contributed by atoms with van der Waals surface area (Å²) in [5.41, 5.74) is 16.1. The highest BCUT2D eigenvalue weighted by atomic mass is 16.4. The number of hydrogen-bond acceptors (Lipinski definition) is 8. The molecule has 0 aromatic carbocycles. The van der Waals surface area contributed by atoms with E-state index in [0.29, 0.717) is 19.4 Å². The number of aliphatic hydroxyl groups excluding tert-OH is 1. The molecular weight excluding hydrogens is 436 g/mol. The van der Waals surface area contributed by atoms with Gasteiger partial charge in [0.05, 0.1) is 6.61 Å². The zero-order valence-corrected chi connectivity index (χ0v) is 19.2. The number of carboxylic acid groups (broad SMARTS) is 1. The molecule has 11 N–H and O–H groups in total. The van der Waals surface area contributed by atoms with Crippen LogP contribution < -0.4 is 33.2 Å². The number of aliphatic carboxylic acids is 1. The first-order valence-corrected chi connectivity index (χ1v) is 10.9. The summed E-state index contributed by atoms with van der Waals surface area (Å²) in [7, 11) is 0. The fraction of sp³-hybridized carbons (Fsp3) is 0.750. The van der Waals surface area contributed by atoms with Crippen molar-refractivity contribution in [3.8, 4) is 0 Å². The fourth-order valence-electron chi connectivity index (χ4n) is 2.92. The van der Waals surface area contributed by atoms with E-state index in [4.69, 9.17) is 22.3 Å². The largest absolute Gasteiger partial charge is 0.480 e. The van der Waals surface area contributed by atoms with Gasteiger partial charge in [-0.05, 0) is 44.6 Å². The lowest BCUT2D eigenvalue weighted by Crippen LogP contribution is -2.57. The molecule has 0 saturated heterocycles. The molecule has 33 heavy (non-hydrogen) atoms. The highest BCUT2D eigenvalue weighted by Gasteiger charge is 2.30. The lowest BCUT2D eigenvalue weighted by atomic mass is 10.0. The molecule has 0 bridgehead atoms.